The third-order valence-electron chi connectivity index (χ3n) is 3.05. The second-order valence-electron chi connectivity index (χ2n) is 4.32. The molecule has 1 aliphatic rings. The highest BCUT2D eigenvalue weighted by molar-refractivity contribution is 14.1. The number of amides is 1. The van der Waals surface area contributed by atoms with Crippen molar-refractivity contribution in [3.05, 3.63) is 33.4 Å². The van der Waals surface area contributed by atoms with Crippen LogP contribution in [-0.4, -0.2) is 11.9 Å². The van der Waals surface area contributed by atoms with E-state index in [9.17, 15) is 4.79 Å². The van der Waals surface area contributed by atoms with Crippen molar-refractivity contribution in [2.45, 2.75) is 38.1 Å². The number of hydrogen-bond donors (Lipinski definition) is 1. The lowest BCUT2D eigenvalue weighted by atomic mass is 9.95. The normalized spacial score (nSPS) is 17.1. The van der Waals surface area contributed by atoms with Crippen molar-refractivity contribution in [1.82, 2.24) is 5.32 Å². The van der Waals surface area contributed by atoms with Crippen LogP contribution in [0.2, 0.25) is 0 Å². The summed E-state index contributed by atoms with van der Waals surface area (Å²) in [6.45, 7) is 0. The van der Waals surface area contributed by atoms with Gasteiger partial charge >= 0.3 is 0 Å². The van der Waals surface area contributed by atoms with E-state index in [0.29, 0.717) is 6.04 Å². The summed E-state index contributed by atoms with van der Waals surface area (Å²) in [7, 11) is 0. The smallest absolute Gasteiger partial charge is 0.251 e. The molecular formula is C13H16INO. The molecule has 1 aliphatic carbocycles. The molecule has 2 rings (SSSR count). The quantitative estimate of drug-likeness (QED) is 0.829. The van der Waals surface area contributed by atoms with Gasteiger partial charge in [-0.3, -0.25) is 4.79 Å². The Morgan fingerprint density at radius 3 is 2.38 bits per heavy atom. The second-order valence-corrected chi connectivity index (χ2v) is 5.56. The standard InChI is InChI=1S/C13H16INO/c14-11-8-6-10(7-9-11)13(16)15-12-4-2-1-3-5-12/h6-9,12H,1-5H2,(H,15,16). The van der Waals surface area contributed by atoms with E-state index in [1.807, 2.05) is 24.3 Å². The van der Waals surface area contributed by atoms with Gasteiger partial charge in [0.15, 0.2) is 0 Å². The van der Waals surface area contributed by atoms with Crippen molar-refractivity contribution in [3.8, 4) is 0 Å². The number of halogens is 1. The number of benzene rings is 1. The second kappa shape index (κ2) is 5.66. The van der Waals surface area contributed by atoms with Gasteiger partial charge in [-0.25, -0.2) is 0 Å². The number of hydrogen-bond acceptors (Lipinski definition) is 1. The lowest BCUT2D eigenvalue weighted by molar-refractivity contribution is 0.0927. The minimum absolute atomic E-state index is 0.0725. The van der Waals surface area contributed by atoms with E-state index in [-0.39, 0.29) is 5.91 Å². The van der Waals surface area contributed by atoms with E-state index < -0.39 is 0 Å². The zero-order valence-electron chi connectivity index (χ0n) is 9.21. The number of carbonyl (C=O) groups excluding carboxylic acids is 1. The predicted octanol–water partition coefficient (Wildman–Crippen LogP) is 3.35. The Hall–Kier alpha value is -0.580. The first-order valence-corrected chi connectivity index (χ1v) is 6.90. The van der Waals surface area contributed by atoms with Gasteiger partial charge in [0.05, 0.1) is 0 Å². The Kier molecular flexibility index (Phi) is 4.21. The fourth-order valence-corrected chi connectivity index (χ4v) is 2.48. The SMILES string of the molecule is O=C(NC1CCCCC1)c1ccc(I)cc1. The average Bonchev–Trinajstić information content (AvgIpc) is 2.31. The van der Waals surface area contributed by atoms with Crippen molar-refractivity contribution in [3.63, 3.8) is 0 Å². The van der Waals surface area contributed by atoms with E-state index in [4.69, 9.17) is 0 Å². The zero-order valence-corrected chi connectivity index (χ0v) is 11.4. The molecule has 1 fully saturated rings. The van der Waals surface area contributed by atoms with Gasteiger partial charge in [-0.2, -0.15) is 0 Å². The first-order chi connectivity index (χ1) is 7.75. The van der Waals surface area contributed by atoms with Gasteiger partial charge in [-0.05, 0) is 59.7 Å². The Bertz CT molecular complexity index is 355. The van der Waals surface area contributed by atoms with Crippen LogP contribution in [0.5, 0.6) is 0 Å². The molecule has 0 aliphatic heterocycles. The van der Waals surface area contributed by atoms with Gasteiger partial charge in [0.2, 0.25) is 0 Å². The van der Waals surface area contributed by atoms with Gasteiger partial charge < -0.3 is 5.32 Å². The van der Waals surface area contributed by atoms with Crippen LogP contribution in [-0.2, 0) is 0 Å². The number of carbonyl (C=O) groups is 1. The van der Waals surface area contributed by atoms with Crippen LogP contribution in [0, 0.1) is 3.57 Å². The van der Waals surface area contributed by atoms with Gasteiger partial charge in [-0.1, -0.05) is 19.3 Å². The van der Waals surface area contributed by atoms with Crippen LogP contribution in [0.15, 0.2) is 24.3 Å². The molecular weight excluding hydrogens is 313 g/mol. The van der Waals surface area contributed by atoms with Crippen LogP contribution in [0.3, 0.4) is 0 Å². The Morgan fingerprint density at radius 1 is 1.12 bits per heavy atom. The highest BCUT2D eigenvalue weighted by Gasteiger charge is 2.16. The molecule has 0 unspecified atom stereocenters. The van der Waals surface area contributed by atoms with E-state index in [1.165, 1.54) is 19.3 Å². The summed E-state index contributed by atoms with van der Waals surface area (Å²) in [6, 6.07) is 8.10. The van der Waals surface area contributed by atoms with Crippen molar-refractivity contribution in [1.29, 1.82) is 0 Å². The molecule has 0 saturated heterocycles. The van der Waals surface area contributed by atoms with Gasteiger partial charge in [0.25, 0.3) is 5.91 Å². The van der Waals surface area contributed by atoms with Crippen LogP contribution in [0.1, 0.15) is 42.5 Å². The molecule has 1 N–H and O–H groups in total. The van der Waals surface area contributed by atoms with E-state index in [2.05, 4.69) is 27.9 Å². The summed E-state index contributed by atoms with van der Waals surface area (Å²) in [6.07, 6.45) is 6.08. The number of rotatable bonds is 2. The molecule has 0 heterocycles. The Balaban J connectivity index is 1.94. The van der Waals surface area contributed by atoms with Crippen molar-refractivity contribution in [2.24, 2.45) is 0 Å². The minimum atomic E-state index is 0.0725. The van der Waals surface area contributed by atoms with Gasteiger partial charge in [-0.15, -0.1) is 0 Å². The molecule has 1 aromatic rings. The molecule has 2 nitrogen and oxygen atoms in total. The van der Waals surface area contributed by atoms with Gasteiger partial charge in [0, 0.05) is 15.2 Å². The fourth-order valence-electron chi connectivity index (χ4n) is 2.12. The summed E-state index contributed by atoms with van der Waals surface area (Å²) >= 11 is 2.24. The van der Waals surface area contributed by atoms with Crippen LogP contribution >= 0.6 is 22.6 Å². The first-order valence-electron chi connectivity index (χ1n) is 5.82. The van der Waals surface area contributed by atoms with E-state index >= 15 is 0 Å². The maximum atomic E-state index is 11.9. The predicted molar refractivity (Wildman–Crippen MR) is 73.5 cm³/mol. The zero-order chi connectivity index (χ0) is 11.4. The van der Waals surface area contributed by atoms with Crippen LogP contribution in [0.25, 0.3) is 0 Å². The highest BCUT2D eigenvalue weighted by atomic mass is 127. The molecule has 1 amide bonds. The number of nitrogens with one attached hydrogen (secondary N) is 1. The van der Waals surface area contributed by atoms with Crippen LogP contribution < -0.4 is 5.32 Å². The molecule has 0 bridgehead atoms. The Morgan fingerprint density at radius 2 is 1.75 bits per heavy atom. The van der Waals surface area contributed by atoms with Gasteiger partial charge in [0.1, 0.15) is 0 Å². The van der Waals surface area contributed by atoms with Crippen molar-refractivity contribution < 1.29 is 4.79 Å². The first kappa shape index (κ1) is 11.9. The van der Waals surface area contributed by atoms with Crippen LogP contribution in [0.4, 0.5) is 0 Å². The lowest BCUT2D eigenvalue weighted by Crippen LogP contribution is -2.36. The largest absolute Gasteiger partial charge is 0.349 e. The molecule has 3 heteroatoms. The monoisotopic (exact) mass is 329 g/mol. The highest BCUT2D eigenvalue weighted by Crippen LogP contribution is 2.18. The average molecular weight is 329 g/mol. The summed E-state index contributed by atoms with van der Waals surface area (Å²) in [5, 5.41) is 3.11. The molecule has 0 atom stereocenters. The molecule has 0 radical (unpaired) electrons. The van der Waals surface area contributed by atoms with Crippen molar-refractivity contribution in [2.75, 3.05) is 0 Å². The summed E-state index contributed by atoms with van der Waals surface area (Å²) in [4.78, 5) is 11.9. The maximum absolute atomic E-state index is 11.9. The summed E-state index contributed by atoms with van der Waals surface area (Å²) < 4.78 is 1.16. The van der Waals surface area contributed by atoms with E-state index in [1.54, 1.807) is 0 Å². The molecule has 0 spiro atoms. The third kappa shape index (κ3) is 3.20. The molecule has 16 heavy (non-hydrogen) atoms. The molecule has 1 aromatic carbocycles. The summed E-state index contributed by atoms with van der Waals surface area (Å²) in [5.41, 5.74) is 0.769. The maximum Gasteiger partial charge on any atom is 0.251 e. The summed E-state index contributed by atoms with van der Waals surface area (Å²) in [5.74, 6) is 0.0725. The fraction of sp³-hybridized carbons (Fsp3) is 0.462. The molecule has 86 valence electrons. The topological polar surface area (TPSA) is 29.1 Å². The van der Waals surface area contributed by atoms with Crippen molar-refractivity contribution >= 4 is 28.5 Å². The molecule has 0 aromatic heterocycles. The third-order valence-corrected chi connectivity index (χ3v) is 3.77. The molecule has 1 saturated carbocycles. The Labute approximate surface area is 110 Å². The van der Waals surface area contributed by atoms with E-state index in [0.717, 1.165) is 22.0 Å². The lowest BCUT2D eigenvalue weighted by Gasteiger charge is -2.22. The minimum Gasteiger partial charge on any atom is -0.349 e.